The minimum absolute atomic E-state index is 0.0999. The Labute approximate surface area is 142 Å². The fourth-order valence-electron chi connectivity index (χ4n) is 1.98. The molecule has 132 valence electrons. The smallest absolute Gasteiger partial charge is 0.330 e. The number of aliphatic hydroxyl groups excluding tert-OH is 1. The molecule has 0 radical (unpaired) electrons. The first-order chi connectivity index (χ1) is 11.5. The van der Waals surface area contributed by atoms with Gasteiger partial charge in [0.15, 0.2) is 5.78 Å². The molecule has 0 amide bonds. The number of esters is 1. The van der Waals surface area contributed by atoms with Crippen molar-refractivity contribution in [3.63, 3.8) is 0 Å². The molecule has 2 atom stereocenters. The van der Waals surface area contributed by atoms with Crippen molar-refractivity contribution in [1.29, 1.82) is 0 Å². The van der Waals surface area contributed by atoms with Crippen molar-refractivity contribution in [2.75, 3.05) is 20.3 Å². The number of ketones is 1. The third-order valence-corrected chi connectivity index (χ3v) is 3.33. The topological polar surface area (TPSA) is 82.1 Å². The Morgan fingerprint density at radius 2 is 1.92 bits per heavy atom. The Morgan fingerprint density at radius 3 is 2.46 bits per heavy atom. The summed E-state index contributed by atoms with van der Waals surface area (Å²) >= 11 is 0. The second kappa shape index (κ2) is 10.6. The van der Waals surface area contributed by atoms with Crippen LogP contribution < -0.4 is 4.74 Å². The highest BCUT2D eigenvalue weighted by Gasteiger charge is 2.21. The summed E-state index contributed by atoms with van der Waals surface area (Å²) in [4.78, 5) is 22.8. The van der Waals surface area contributed by atoms with Gasteiger partial charge in [0.25, 0.3) is 0 Å². The molecule has 1 aromatic carbocycles. The summed E-state index contributed by atoms with van der Waals surface area (Å²) in [6.07, 6.45) is 1.42. The van der Waals surface area contributed by atoms with Crippen molar-refractivity contribution < 1.29 is 28.9 Å². The van der Waals surface area contributed by atoms with Gasteiger partial charge in [0, 0.05) is 12.0 Å². The standard InChI is InChI=1S/C18H24O6/c1-4-24-17(20)10-7-15(18(21)13(2)19)12-23-11-14-5-8-16(22-3)9-6-14/h5-10,15,18,21H,4,11-12H2,1-3H3/b10-7+/t15-,18-/m0/s1. The van der Waals surface area contributed by atoms with Crippen molar-refractivity contribution in [3.05, 3.63) is 42.0 Å². The summed E-state index contributed by atoms with van der Waals surface area (Å²) in [6, 6.07) is 7.37. The van der Waals surface area contributed by atoms with E-state index >= 15 is 0 Å². The van der Waals surface area contributed by atoms with Crippen molar-refractivity contribution in [3.8, 4) is 5.75 Å². The predicted octanol–water partition coefficient (Wildman–Crippen LogP) is 1.90. The molecule has 0 heterocycles. The van der Waals surface area contributed by atoms with Crippen LogP contribution in [0.25, 0.3) is 0 Å². The first kappa shape index (κ1) is 19.9. The zero-order chi connectivity index (χ0) is 17.9. The molecule has 0 bridgehead atoms. The van der Waals surface area contributed by atoms with Gasteiger partial charge in [-0.1, -0.05) is 18.2 Å². The lowest BCUT2D eigenvalue weighted by molar-refractivity contribution is -0.137. The number of methoxy groups -OCH3 is 1. The van der Waals surface area contributed by atoms with E-state index in [-0.39, 0.29) is 19.0 Å². The molecule has 6 heteroatoms. The molecule has 6 nitrogen and oxygen atoms in total. The van der Waals surface area contributed by atoms with E-state index in [0.29, 0.717) is 6.61 Å². The maximum Gasteiger partial charge on any atom is 0.330 e. The number of aliphatic hydroxyl groups is 1. The third kappa shape index (κ3) is 6.93. The first-order valence-corrected chi connectivity index (χ1v) is 7.72. The molecule has 0 saturated carbocycles. The minimum atomic E-state index is -1.23. The van der Waals surface area contributed by atoms with E-state index in [0.717, 1.165) is 11.3 Å². The van der Waals surface area contributed by atoms with Gasteiger partial charge < -0.3 is 19.3 Å². The fraction of sp³-hybridized carbons (Fsp3) is 0.444. The quantitative estimate of drug-likeness (QED) is 0.519. The van der Waals surface area contributed by atoms with Crippen LogP contribution in [0.1, 0.15) is 19.4 Å². The third-order valence-electron chi connectivity index (χ3n) is 3.33. The Bertz CT molecular complexity index is 549. The van der Waals surface area contributed by atoms with Crippen LogP contribution in [-0.2, 0) is 25.7 Å². The normalized spacial score (nSPS) is 13.5. The second-order valence-electron chi connectivity index (χ2n) is 5.19. The van der Waals surface area contributed by atoms with Gasteiger partial charge in [0.1, 0.15) is 11.9 Å². The molecule has 0 saturated heterocycles. The van der Waals surface area contributed by atoms with Gasteiger partial charge in [-0.25, -0.2) is 4.79 Å². The number of carbonyl (C=O) groups excluding carboxylic acids is 2. The van der Waals surface area contributed by atoms with Crippen LogP contribution in [0.5, 0.6) is 5.75 Å². The van der Waals surface area contributed by atoms with Crippen LogP contribution >= 0.6 is 0 Å². The molecular weight excluding hydrogens is 312 g/mol. The van der Waals surface area contributed by atoms with E-state index < -0.39 is 18.0 Å². The highest BCUT2D eigenvalue weighted by Crippen LogP contribution is 2.14. The molecule has 0 aromatic heterocycles. The zero-order valence-electron chi connectivity index (χ0n) is 14.2. The SMILES string of the molecule is CCOC(=O)/C=C/[C@@H](COCc1ccc(OC)cc1)[C@@H](O)C(C)=O. The van der Waals surface area contributed by atoms with Crippen LogP contribution in [0.4, 0.5) is 0 Å². The van der Waals surface area contributed by atoms with Crippen LogP contribution in [0, 0.1) is 5.92 Å². The average Bonchev–Trinajstić information content (AvgIpc) is 2.58. The summed E-state index contributed by atoms with van der Waals surface area (Å²) in [6.45, 7) is 3.67. The van der Waals surface area contributed by atoms with Crippen LogP contribution in [0.15, 0.2) is 36.4 Å². The summed E-state index contributed by atoms with van der Waals surface area (Å²) in [7, 11) is 1.59. The maximum absolute atomic E-state index is 11.4. The Balaban J connectivity index is 2.60. The molecule has 0 aliphatic carbocycles. The van der Waals surface area contributed by atoms with Gasteiger partial charge in [-0.3, -0.25) is 4.79 Å². The second-order valence-corrected chi connectivity index (χ2v) is 5.19. The van der Waals surface area contributed by atoms with E-state index in [1.54, 1.807) is 14.0 Å². The lowest BCUT2D eigenvalue weighted by Crippen LogP contribution is -2.30. The molecule has 0 spiro atoms. The molecule has 0 aliphatic rings. The average molecular weight is 336 g/mol. The van der Waals surface area contributed by atoms with Gasteiger partial charge in [-0.2, -0.15) is 0 Å². The molecule has 1 rings (SSSR count). The maximum atomic E-state index is 11.4. The van der Waals surface area contributed by atoms with Crippen molar-refractivity contribution >= 4 is 11.8 Å². The van der Waals surface area contributed by atoms with Crippen LogP contribution in [-0.4, -0.2) is 43.3 Å². The number of hydrogen-bond acceptors (Lipinski definition) is 6. The Hall–Kier alpha value is -2.18. The van der Waals surface area contributed by atoms with Crippen molar-refractivity contribution in [1.82, 2.24) is 0 Å². The molecule has 24 heavy (non-hydrogen) atoms. The largest absolute Gasteiger partial charge is 0.497 e. The van der Waals surface area contributed by atoms with Crippen molar-refractivity contribution in [2.24, 2.45) is 5.92 Å². The van der Waals surface area contributed by atoms with Gasteiger partial charge in [-0.05, 0) is 31.5 Å². The lowest BCUT2D eigenvalue weighted by atomic mass is 10.00. The Morgan fingerprint density at radius 1 is 1.25 bits per heavy atom. The summed E-state index contributed by atoms with van der Waals surface area (Å²) in [5, 5.41) is 9.95. The monoisotopic (exact) mass is 336 g/mol. The molecule has 0 aliphatic heterocycles. The summed E-state index contributed by atoms with van der Waals surface area (Å²) < 4.78 is 15.4. The summed E-state index contributed by atoms with van der Waals surface area (Å²) in [5.74, 6) is -0.777. The molecule has 0 fully saturated rings. The number of ether oxygens (including phenoxy) is 3. The number of rotatable bonds is 10. The first-order valence-electron chi connectivity index (χ1n) is 7.72. The van der Waals surface area contributed by atoms with Crippen LogP contribution in [0.3, 0.4) is 0 Å². The van der Waals surface area contributed by atoms with E-state index in [4.69, 9.17) is 14.2 Å². The molecule has 1 N–H and O–H groups in total. The van der Waals surface area contributed by atoms with E-state index in [1.165, 1.54) is 19.1 Å². The molecular formula is C18H24O6. The zero-order valence-corrected chi connectivity index (χ0v) is 14.2. The van der Waals surface area contributed by atoms with Gasteiger partial charge in [-0.15, -0.1) is 0 Å². The van der Waals surface area contributed by atoms with E-state index in [2.05, 4.69) is 0 Å². The van der Waals surface area contributed by atoms with Gasteiger partial charge in [0.05, 0.1) is 26.9 Å². The van der Waals surface area contributed by atoms with Crippen molar-refractivity contribution in [2.45, 2.75) is 26.6 Å². The number of benzene rings is 1. The van der Waals surface area contributed by atoms with Crippen LogP contribution in [0.2, 0.25) is 0 Å². The molecule has 0 unspecified atom stereocenters. The van der Waals surface area contributed by atoms with Gasteiger partial charge >= 0.3 is 5.97 Å². The van der Waals surface area contributed by atoms with E-state index in [1.807, 2.05) is 24.3 Å². The highest BCUT2D eigenvalue weighted by atomic mass is 16.5. The van der Waals surface area contributed by atoms with Gasteiger partial charge in [0.2, 0.25) is 0 Å². The highest BCUT2D eigenvalue weighted by molar-refractivity contribution is 5.83. The fourth-order valence-corrected chi connectivity index (χ4v) is 1.98. The molecule has 1 aromatic rings. The number of hydrogen-bond donors (Lipinski definition) is 1. The van der Waals surface area contributed by atoms with E-state index in [9.17, 15) is 14.7 Å². The Kier molecular flexibility index (Phi) is 8.75. The number of Topliss-reactive ketones (excluding diaryl/α,β-unsaturated/α-hetero) is 1. The predicted molar refractivity (Wildman–Crippen MR) is 88.6 cm³/mol. The minimum Gasteiger partial charge on any atom is -0.497 e. The number of carbonyl (C=O) groups is 2. The lowest BCUT2D eigenvalue weighted by Gasteiger charge is -2.17. The summed E-state index contributed by atoms with van der Waals surface area (Å²) in [5.41, 5.74) is 0.932.